The maximum absolute atomic E-state index is 12.6. The summed E-state index contributed by atoms with van der Waals surface area (Å²) in [4.78, 5) is 12.6. The number of phenols is 1. The molecule has 0 fully saturated rings. The fraction of sp³-hybridized carbons (Fsp3) is 0.211. The van der Waals surface area contributed by atoms with Crippen molar-refractivity contribution in [1.82, 2.24) is 0 Å². The van der Waals surface area contributed by atoms with Gasteiger partial charge in [0.15, 0.2) is 5.78 Å². The van der Waals surface area contributed by atoms with Crippen LogP contribution in [0.4, 0.5) is 0 Å². The molecule has 120 valence electrons. The van der Waals surface area contributed by atoms with Crippen LogP contribution in [0.15, 0.2) is 36.4 Å². The number of methoxy groups -OCH3 is 2. The fourth-order valence-electron chi connectivity index (χ4n) is 2.58. The number of carbonyl (C=O) groups excluding carboxylic acids is 1. The monoisotopic (exact) mass is 312 g/mol. The van der Waals surface area contributed by atoms with Crippen LogP contribution in [0, 0.1) is 13.8 Å². The number of benzene rings is 2. The molecule has 0 saturated carbocycles. The Labute approximate surface area is 136 Å². The summed E-state index contributed by atoms with van der Waals surface area (Å²) in [5.74, 6) is 0.402. The average Bonchev–Trinajstić information content (AvgIpc) is 2.57. The third-order valence-corrected chi connectivity index (χ3v) is 3.72. The first-order valence-corrected chi connectivity index (χ1v) is 7.22. The summed E-state index contributed by atoms with van der Waals surface area (Å²) >= 11 is 0. The van der Waals surface area contributed by atoms with Gasteiger partial charge >= 0.3 is 0 Å². The molecule has 4 heteroatoms. The van der Waals surface area contributed by atoms with Crippen molar-refractivity contribution in [1.29, 1.82) is 0 Å². The minimum absolute atomic E-state index is 0.119. The summed E-state index contributed by atoms with van der Waals surface area (Å²) in [6.07, 6.45) is 3.13. The van der Waals surface area contributed by atoms with E-state index in [1.165, 1.54) is 20.3 Å². The predicted molar refractivity (Wildman–Crippen MR) is 90.5 cm³/mol. The van der Waals surface area contributed by atoms with E-state index in [9.17, 15) is 9.90 Å². The van der Waals surface area contributed by atoms with Crippen LogP contribution in [0.2, 0.25) is 0 Å². The smallest absolute Gasteiger partial charge is 0.193 e. The van der Waals surface area contributed by atoms with Gasteiger partial charge in [-0.25, -0.2) is 0 Å². The Morgan fingerprint density at radius 3 is 2.17 bits per heavy atom. The number of ketones is 1. The number of rotatable bonds is 5. The van der Waals surface area contributed by atoms with Crippen molar-refractivity contribution in [2.45, 2.75) is 13.8 Å². The first kappa shape index (κ1) is 16.6. The molecule has 2 aromatic carbocycles. The topological polar surface area (TPSA) is 55.8 Å². The standard InChI is InChI=1S/C19H20O4/c1-12-17(21)16(19(23-4)13(2)18(12)22-3)15(20)11-10-14-8-6-5-7-9-14/h5-11,21H,1-4H3/b11-10+. The van der Waals surface area contributed by atoms with Crippen LogP contribution in [0.3, 0.4) is 0 Å². The molecule has 0 aliphatic carbocycles. The highest BCUT2D eigenvalue weighted by Crippen LogP contribution is 2.42. The van der Waals surface area contributed by atoms with Crippen LogP contribution in [0.5, 0.6) is 17.2 Å². The molecule has 0 aromatic heterocycles. The molecule has 2 rings (SSSR count). The molecule has 4 nitrogen and oxygen atoms in total. The van der Waals surface area contributed by atoms with Gasteiger partial charge in [-0.3, -0.25) is 4.79 Å². The van der Waals surface area contributed by atoms with Crippen molar-refractivity contribution in [2.75, 3.05) is 14.2 Å². The molecule has 0 saturated heterocycles. The van der Waals surface area contributed by atoms with Gasteiger partial charge in [0.25, 0.3) is 0 Å². The van der Waals surface area contributed by atoms with E-state index in [1.54, 1.807) is 19.9 Å². The van der Waals surface area contributed by atoms with E-state index < -0.39 is 0 Å². The second kappa shape index (κ2) is 7.01. The van der Waals surface area contributed by atoms with Gasteiger partial charge in [-0.1, -0.05) is 36.4 Å². The summed E-state index contributed by atoms with van der Waals surface area (Å²) in [7, 11) is 2.99. The zero-order chi connectivity index (χ0) is 17.0. The molecule has 0 amide bonds. The molecule has 0 atom stereocenters. The zero-order valence-corrected chi connectivity index (χ0v) is 13.7. The minimum atomic E-state index is -0.322. The van der Waals surface area contributed by atoms with E-state index in [-0.39, 0.29) is 17.1 Å². The van der Waals surface area contributed by atoms with Crippen LogP contribution in [-0.2, 0) is 0 Å². The van der Waals surface area contributed by atoms with E-state index in [0.717, 1.165) is 5.56 Å². The van der Waals surface area contributed by atoms with Crippen molar-refractivity contribution < 1.29 is 19.4 Å². The van der Waals surface area contributed by atoms with Crippen LogP contribution < -0.4 is 9.47 Å². The first-order valence-electron chi connectivity index (χ1n) is 7.22. The molecular weight excluding hydrogens is 292 g/mol. The highest BCUT2D eigenvalue weighted by Gasteiger charge is 2.24. The van der Waals surface area contributed by atoms with Gasteiger partial charge in [0.2, 0.25) is 0 Å². The normalized spacial score (nSPS) is 10.8. The van der Waals surface area contributed by atoms with Crippen molar-refractivity contribution >= 4 is 11.9 Å². The fourth-order valence-corrected chi connectivity index (χ4v) is 2.58. The van der Waals surface area contributed by atoms with Crippen LogP contribution in [0.25, 0.3) is 6.08 Å². The summed E-state index contributed by atoms with van der Waals surface area (Å²) < 4.78 is 10.6. The molecule has 0 aliphatic rings. The van der Waals surface area contributed by atoms with Crippen molar-refractivity contribution in [3.8, 4) is 17.2 Å². The van der Waals surface area contributed by atoms with E-state index >= 15 is 0 Å². The first-order chi connectivity index (χ1) is 11.0. The Morgan fingerprint density at radius 1 is 1.00 bits per heavy atom. The summed E-state index contributed by atoms with van der Waals surface area (Å²) in [6, 6.07) is 9.48. The molecule has 0 bridgehead atoms. The van der Waals surface area contributed by atoms with Crippen molar-refractivity contribution in [3.63, 3.8) is 0 Å². The number of phenolic OH excluding ortho intramolecular Hbond substituents is 1. The Kier molecular flexibility index (Phi) is 5.06. The Balaban J connectivity index is 2.50. The average molecular weight is 312 g/mol. The van der Waals surface area contributed by atoms with Gasteiger partial charge < -0.3 is 14.6 Å². The lowest BCUT2D eigenvalue weighted by atomic mass is 9.98. The Morgan fingerprint density at radius 2 is 1.61 bits per heavy atom. The zero-order valence-electron chi connectivity index (χ0n) is 13.7. The summed E-state index contributed by atoms with van der Waals surface area (Å²) in [5, 5.41) is 10.4. The Bertz CT molecular complexity index is 746. The van der Waals surface area contributed by atoms with Gasteiger partial charge in [-0.05, 0) is 25.5 Å². The molecule has 2 aromatic rings. The highest BCUT2D eigenvalue weighted by molar-refractivity contribution is 6.11. The lowest BCUT2D eigenvalue weighted by molar-refractivity contribution is 0.104. The summed E-state index contributed by atoms with van der Waals surface area (Å²) in [5.41, 5.74) is 2.25. The lowest BCUT2D eigenvalue weighted by Crippen LogP contribution is -2.05. The van der Waals surface area contributed by atoms with Gasteiger partial charge in [-0.2, -0.15) is 0 Å². The van der Waals surface area contributed by atoms with Gasteiger partial charge in [0, 0.05) is 11.1 Å². The van der Waals surface area contributed by atoms with Crippen LogP contribution >= 0.6 is 0 Å². The van der Waals surface area contributed by atoms with Gasteiger partial charge in [0.05, 0.1) is 14.2 Å². The molecule has 1 N–H and O–H groups in total. The molecule has 0 aliphatic heterocycles. The highest BCUT2D eigenvalue weighted by atomic mass is 16.5. The maximum Gasteiger partial charge on any atom is 0.193 e. The number of aromatic hydroxyl groups is 1. The van der Waals surface area contributed by atoms with Gasteiger partial charge in [-0.15, -0.1) is 0 Å². The molecular formula is C19H20O4. The van der Waals surface area contributed by atoms with Gasteiger partial charge in [0.1, 0.15) is 22.8 Å². The van der Waals surface area contributed by atoms with Crippen LogP contribution in [0.1, 0.15) is 27.0 Å². The maximum atomic E-state index is 12.6. The molecule has 0 radical (unpaired) electrons. The van der Waals surface area contributed by atoms with Crippen LogP contribution in [-0.4, -0.2) is 25.1 Å². The second-order valence-electron chi connectivity index (χ2n) is 5.15. The largest absolute Gasteiger partial charge is 0.507 e. The quantitative estimate of drug-likeness (QED) is 0.671. The third kappa shape index (κ3) is 3.21. The second-order valence-corrected chi connectivity index (χ2v) is 5.15. The van der Waals surface area contributed by atoms with Crippen molar-refractivity contribution in [2.24, 2.45) is 0 Å². The third-order valence-electron chi connectivity index (χ3n) is 3.72. The Hall–Kier alpha value is -2.75. The van der Waals surface area contributed by atoms with E-state index in [1.807, 2.05) is 30.3 Å². The number of hydrogen-bond acceptors (Lipinski definition) is 4. The molecule has 0 unspecified atom stereocenters. The number of carbonyl (C=O) groups is 1. The number of hydrogen-bond donors (Lipinski definition) is 1. The number of allylic oxidation sites excluding steroid dienone is 1. The minimum Gasteiger partial charge on any atom is -0.507 e. The lowest BCUT2D eigenvalue weighted by Gasteiger charge is -2.17. The van der Waals surface area contributed by atoms with E-state index in [2.05, 4.69) is 0 Å². The molecule has 0 spiro atoms. The SMILES string of the molecule is COc1c(C)c(O)c(C(=O)/C=C/c2ccccc2)c(OC)c1C. The molecule has 0 heterocycles. The van der Waals surface area contributed by atoms with Crippen molar-refractivity contribution in [3.05, 3.63) is 58.7 Å². The predicted octanol–water partition coefficient (Wildman–Crippen LogP) is 3.92. The van der Waals surface area contributed by atoms with E-state index in [4.69, 9.17) is 9.47 Å². The number of ether oxygens (including phenoxy) is 2. The van der Waals surface area contributed by atoms with E-state index in [0.29, 0.717) is 22.6 Å². The molecule has 23 heavy (non-hydrogen) atoms. The summed E-state index contributed by atoms with van der Waals surface area (Å²) in [6.45, 7) is 3.50.